The molecule has 0 saturated heterocycles. The lowest BCUT2D eigenvalue weighted by Crippen LogP contribution is -2.40. The number of esters is 1. The lowest BCUT2D eigenvalue weighted by Gasteiger charge is -2.14. The van der Waals surface area contributed by atoms with Gasteiger partial charge in [-0.3, -0.25) is 9.35 Å². The maximum Gasteiger partial charge on any atom is 0.328 e. The highest BCUT2D eigenvalue weighted by Gasteiger charge is 2.23. The third-order valence-corrected chi connectivity index (χ3v) is 5.76. The van der Waals surface area contributed by atoms with Gasteiger partial charge in [0, 0.05) is 0 Å². The van der Waals surface area contributed by atoms with Crippen LogP contribution >= 0.6 is 0 Å². The van der Waals surface area contributed by atoms with Crippen LogP contribution in [0, 0.1) is 0 Å². The molecular formula is C22H35NO6S. The van der Waals surface area contributed by atoms with Gasteiger partial charge in [0.2, 0.25) is 0 Å². The zero-order valence-corrected chi connectivity index (χ0v) is 18.9. The molecule has 0 aromatic heterocycles. The van der Waals surface area contributed by atoms with Crippen molar-refractivity contribution in [1.82, 2.24) is 5.32 Å². The van der Waals surface area contributed by atoms with E-state index in [-0.39, 0.29) is 12.2 Å². The smallest absolute Gasteiger partial charge is 0.328 e. The van der Waals surface area contributed by atoms with Gasteiger partial charge in [-0.2, -0.15) is 8.42 Å². The van der Waals surface area contributed by atoms with Crippen LogP contribution < -0.4 is 5.32 Å². The maximum atomic E-state index is 12.3. The maximum absolute atomic E-state index is 12.3. The monoisotopic (exact) mass is 441 g/mol. The number of amides is 1. The summed E-state index contributed by atoms with van der Waals surface area (Å²) in [7, 11) is -4.55. The summed E-state index contributed by atoms with van der Waals surface area (Å²) in [6, 6.07) is 4.32. The fourth-order valence-corrected chi connectivity index (χ4v) is 3.79. The predicted octanol–water partition coefficient (Wildman–Crippen LogP) is 4.52. The Morgan fingerprint density at radius 3 is 2.07 bits per heavy atom. The molecule has 1 atom stereocenters. The topological polar surface area (TPSA) is 110 Å². The Morgan fingerprint density at radius 1 is 0.967 bits per heavy atom. The molecule has 0 fully saturated rings. The summed E-state index contributed by atoms with van der Waals surface area (Å²) in [5.74, 6) is -1.35. The van der Waals surface area contributed by atoms with Crippen molar-refractivity contribution < 1.29 is 27.3 Å². The molecule has 0 unspecified atom stereocenters. The Kier molecular flexibility index (Phi) is 12.3. The van der Waals surface area contributed by atoms with Gasteiger partial charge in [0.15, 0.2) is 0 Å². The van der Waals surface area contributed by atoms with Crippen LogP contribution in [0.25, 0.3) is 0 Å². The van der Waals surface area contributed by atoms with E-state index in [0.717, 1.165) is 25.3 Å². The first kappa shape index (κ1) is 26.1. The zero-order chi connectivity index (χ0) is 22.4. The van der Waals surface area contributed by atoms with E-state index in [9.17, 15) is 22.6 Å². The molecule has 1 amide bonds. The summed E-state index contributed by atoms with van der Waals surface area (Å²) in [5.41, 5.74) is -0.227. The Hall–Kier alpha value is -1.93. The first-order chi connectivity index (χ1) is 14.3. The lowest BCUT2D eigenvalue weighted by molar-refractivity contribution is -0.145. The molecule has 30 heavy (non-hydrogen) atoms. The minimum atomic E-state index is -4.55. The fourth-order valence-electron chi connectivity index (χ4n) is 3.10. The second kappa shape index (κ2) is 14.1. The summed E-state index contributed by atoms with van der Waals surface area (Å²) in [4.78, 5) is 23.8. The third kappa shape index (κ3) is 10.2. The number of hydrogen-bond donors (Lipinski definition) is 2. The Labute approximate surface area is 180 Å². The number of benzene rings is 1. The van der Waals surface area contributed by atoms with E-state index < -0.39 is 32.9 Å². The van der Waals surface area contributed by atoms with Crippen molar-refractivity contribution >= 4 is 22.0 Å². The number of nitrogens with one attached hydrogen (secondary N) is 1. The molecule has 0 saturated carbocycles. The van der Waals surface area contributed by atoms with Crippen LogP contribution in [0.5, 0.6) is 0 Å². The normalized spacial score (nSPS) is 12.4. The largest absolute Gasteiger partial charge is 0.464 e. The van der Waals surface area contributed by atoms with E-state index in [2.05, 4.69) is 12.2 Å². The van der Waals surface area contributed by atoms with Gasteiger partial charge < -0.3 is 10.1 Å². The average Bonchev–Trinajstić information content (AvgIpc) is 2.71. The molecular weight excluding hydrogens is 406 g/mol. The number of rotatable bonds is 15. The van der Waals surface area contributed by atoms with Crippen LogP contribution in [0.2, 0.25) is 0 Å². The summed E-state index contributed by atoms with van der Waals surface area (Å²) < 4.78 is 37.2. The highest BCUT2D eigenvalue weighted by Crippen LogP contribution is 2.15. The van der Waals surface area contributed by atoms with Gasteiger partial charge in [-0.15, -0.1) is 0 Å². The number of carbonyl (C=O) groups excluding carboxylic acids is 2. The molecule has 0 aliphatic carbocycles. The van der Waals surface area contributed by atoms with E-state index in [4.69, 9.17) is 4.74 Å². The Bertz CT molecular complexity index is 763. The molecule has 8 heteroatoms. The molecule has 1 rings (SSSR count). The number of unbranched alkanes of at least 4 members (excludes halogenated alkanes) is 9. The molecule has 0 radical (unpaired) electrons. The van der Waals surface area contributed by atoms with Gasteiger partial charge in [0.25, 0.3) is 16.0 Å². The van der Waals surface area contributed by atoms with E-state index >= 15 is 0 Å². The van der Waals surface area contributed by atoms with Crippen LogP contribution in [-0.2, 0) is 19.6 Å². The Morgan fingerprint density at radius 2 is 1.50 bits per heavy atom. The van der Waals surface area contributed by atoms with Crippen molar-refractivity contribution in [2.45, 2.75) is 89.0 Å². The second-order valence-corrected chi connectivity index (χ2v) is 8.91. The van der Waals surface area contributed by atoms with Crippen molar-refractivity contribution in [3.63, 3.8) is 0 Å². The zero-order valence-electron chi connectivity index (χ0n) is 18.1. The van der Waals surface area contributed by atoms with Crippen molar-refractivity contribution in [2.75, 3.05) is 6.61 Å². The highest BCUT2D eigenvalue weighted by atomic mass is 32.2. The van der Waals surface area contributed by atoms with E-state index in [1.54, 1.807) is 0 Å². The summed E-state index contributed by atoms with van der Waals surface area (Å²) >= 11 is 0. The first-order valence-corrected chi connectivity index (χ1v) is 12.3. The Balaban J connectivity index is 2.26. The number of ether oxygens (including phenoxy) is 1. The molecule has 0 spiro atoms. The van der Waals surface area contributed by atoms with Crippen molar-refractivity contribution in [3.05, 3.63) is 29.8 Å². The van der Waals surface area contributed by atoms with Gasteiger partial charge >= 0.3 is 5.97 Å². The molecule has 170 valence electrons. The first-order valence-electron chi connectivity index (χ1n) is 10.8. The van der Waals surface area contributed by atoms with Gasteiger partial charge in [-0.1, -0.05) is 76.8 Å². The molecule has 7 nitrogen and oxygen atoms in total. The quantitative estimate of drug-likeness (QED) is 0.235. The molecule has 0 aliphatic rings. The fraction of sp³-hybridized carbons (Fsp3) is 0.636. The van der Waals surface area contributed by atoms with Gasteiger partial charge in [0.1, 0.15) is 10.9 Å². The van der Waals surface area contributed by atoms with Crippen LogP contribution in [0.15, 0.2) is 29.2 Å². The molecule has 0 aliphatic heterocycles. The standard InChI is InChI=1S/C22H35NO6S/c1-3-4-5-6-7-8-9-10-11-14-17-29-22(25)18(2)23-21(24)19-15-12-13-16-20(19)30(26,27)28/h12-13,15-16,18H,3-11,14,17H2,1-2H3,(H,23,24)(H,26,27,28)/t18-/m0/s1. The molecule has 1 aromatic rings. The number of hydrogen-bond acceptors (Lipinski definition) is 5. The third-order valence-electron chi connectivity index (χ3n) is 4.85. The van der Waals surface area contributed by atoms with Crippen molar-refractivity contribution in [1.29, 1.82) is 0 Å². The lowest BCUT2D eigenvalue weighted by atomic mass is 10.1. The van der Waals surface area contributed by atoms with Crippen LogP contribution in [-0.4, -0.2) is 37.5 Å². The molecule has 0 bridgehead atoms. The average molecular weight is 442 g/mol. The van der Waals surface area contributed by atoms with Crippen molar-refractivity contribution in [2.24, 2.45) is 0 Å². The SMILES string of the molecule is CCCCCCCCCCCCOC(=O)[C@H](C)NC(=O)c1ccccc1S(=O)(=O)O. The van der Waals surface area contributed by atoms with Crippen LogP contribution in [0.3, 0.4) is 0 Å². The highest BCUT2D eigenvalue weighted by molar-refractivity contribution is 7.86. The van der Waals surface area contributed by atoms with E-state index in [0.29, 0.717) is 0 Å². The molecule has 1 aromatic carbocycles. The van der Waals surface area contributed by atoms with Crippen molar-refractivity contribution in [3.8, 4) is 0 Å². The van der Waals surface area contributed by atoms with E-state index in [1.165, 1.54) is 70.1 Å². The van der Waals surface area contributed by atoms with Gasteiger partial charge in [0.05, 0.1) is 12.2 Å². The summed E-state index contributed by atoms with van der Waals surface area (Å²) in [6.07, 6.45) is 11.8. The minimum absolute atomic E-state index is 0.227. The van der Waals surface area contributed by atoms with Crippen LogP contribution in [0.1, 0.15) is 88.4 Å². The summed E-state index contributed by atoms with van der Waals surface area (Å²) in [6.45, 7) is 3.97. The molecule has 2 N–H and O–H groups in total. The van der Waals surface area contributed by atoms with E-state index in [1.807, 2.05) is 0 Å². The van der Waals surface area contributed by atoms with Gasteiger partial charge in [-0.25, -0.2) is 4.79 Å². The summed E-state index contributed by atoms with van der Waals surface area (Å²) in [5, 5.41) is 2.41. The second-order valence-electron chi connectivity index (χ2n) is 7.52. The minimum Gasteiger partial charge on any atom is -0.464 e. The van der Waals surface area contributed by atoms with Crippen LogP contribution in [0.4, 0.5) is 0 Å². The van der Waals surface area contributed by atoms with Gasteiger partial charge in [-0.05, 0) is 25.5 Å². The predicted molar refractivity (Wildman–Crippen MR) is 116 cm³/mol. The number of carbonyl (C=O) groups is 2. The molecule has 0 heterocycles.